The van der Waals surface area contributed by atoms with Gasteiger partial charge in [-0.2, -0.15) is 5.10 Å². The fourth-order valence-electron chi connectivity index (χ4n) is 6.98. The molecule has 2 fully saturated rings. The lowest BCUT2D eigenvalue weighted by molar-refractivity contribution is -0.873. The lowest BCUT2D eigenvalue weighted by Crippen LogP contribution is -2.44. The number of quaternary nitrogens is 1. The first-order valence-corrected chi connectivity index (χ1v) is 16.7. The van der Waals surface area contributed by atoms with Crippen LogP contribution in [0.2, 0.25) is 0 Å². The Labute approximate surface area is 275 Å². The Balaban J connectivity index is 1.31. The molecule has 1 unspecified atom stereocenters. The van der Waals surface area contributed by atoms with E-state index < -0.39 is 29.8 Å². The Morgan fingerprint density at radius 2 is 1.79 bits per heavy atom. The summed E-state index contributed by atoms with van der Waals surface area (Å²) in [5.41, 5.74) is 7.65. The standard InChI is InChI=1S/C35H48FN5O6/c1-20(42)46-24(19-41(4,5)6)16-30(44)47-23-11-9-22(10-12-23)38-33-25(34(37)45)13-14-27(32(33)36)40-28-17-35(2,3)18-29(43)31(28)26(39-40)15-21-7-8-21/h13-14,21-24H,7-12,15-19H2,1-6H3,(H2-,37,38,45)/p+1. The predicted octanol–water partition coefficient (Wildman–Crippen LogP) is 4.51. The minimum absolute atomic E-state index is 0.00867. The second-order valence-electron chi connectivity index (χ2n) is 15.5. The third-order valence-electron chi connectivity index (χ3n) is 9.21. The zero-order valence-corrected chi connectivity index (χ0v) is 28.5. The van der Waals surface area contributed by atoms with Crippen molar-refractivity contribution in [2.45, 2.75) is 103 Å². The van der Waals surface area contributed by atoms with Gasteiger partial charge in [-0.15, -0.1) is 0 Å². The highest BCUT2D eigenvalue weighted by Gasteiger charge is 2.39. The van der Waals surface area contributed by atoms with E-state index in [0.717, 1.165) is 18.5 Å². The van der Waals surface area contributed by atoms with Gasteiger partial charge in [0.2, 0.25) is 0 Å². The first-order chi connectivity index (χ1) is 22.0. The molecule has 1 heterocycles. The van der Waals surface area contributed by atoms with E-state index in [-0.39, 0.29) is 46.7 Å². The Kier molecular flexibility index (Phi) is 9.82. The molecule has 1 amide bonds. The van der Waals surface area contributed by atoms with Crippen LogP contribution in [0.5, 0.6) is 0 Å². The highest BCUT2D eigenvalue weighted by Crippen LogP contribution is 2.41. The van der Waals surface area contributed by atoms with Crippen molar-refractivity contribution in [1.29, 1.82) is 0 Å². The van der Waals surface area contributed by atoms with Crippen molar-refractivity contribution in [1.82, 2.24) is 9.78 Å². The van der Waals surface area contributed by atoms with Crippen LogP contribution in [-0.4, -0.2) is 83.8 Å². The molecule has 12 heteroatoms. The van der Waals surface area contributed by atoms with Crippen LogP contribution in [0.25, 0.3) is 5.69 Å². The van der Waals surface area contributed by atoms with Gasteiger partial charge in [0.1, 0.15) is 18.3 Å². The van der Waals surface area contributed by atoms with Gasteiger partial charge < -0.3 is 25.0 Å². The van der Waals surface area contributed by atoms with Crippen LogP contribution in [0.3, 0.4) is 0 Å². The van der Waals surface area contributed by atoms with Gasteiger partial charge in [-0.1, -0.05) is 13.8 Å². The zero-order chi connectivity index (χ0) is 34.3. The highest BCUT2D eigenvalue weighted by atomic mass is 19.1. The van der Waals surface area contributed by atoms with Crippen LogP contribution in [0.1, 0.15) is 104 Å². The molecule has 3 N–H and O–H groups in total. The van der Waals surface area contributed by atoms with E-state index in [9.17, 15) is 19.2 Å². The number of ketones is 1. The Morgan fingerprint density at radius 1 is 1.11 bits per heavy atom. The third-order valence-corrected chi connectivity index (χ3v) is 9.21. The van der Waals surface area contributed by atoms with Crippen molar-refractivity contribution in [3.05, 3.63) is 40.5 Å². The van der Waals surface area contributed by atoms with Crippen LogP contribution in [0, 0.1) is 17.2 Å². The Bertz CT molecular complexity index is 1550. The number of aromatic nitrogens is 2. The number of Topliss-reactive ketones (excluding diaryl/α,β-unsaturated/α-hetero) is 1. The van der Waals surface area contributed by atoms with Gasteiger partial charge in [0.15, 0.2) is 17.7 Å². The molecule has 1 atom stereocenters. The molecule has 0 radical (unpaired) electrons. The zero-order valence-electron chi connectivity index (χ0n) is 28.5. The highest BCUT2D eigenvalue weighted by molar-refractivity contribution is 6.00. The molecule has 256 valence electrons. The summed E-state index contributed by atoms with van der Waals surface area (Å²) in [5.74, 6) is -1.75. The number of fused-ring (bicyclic) bond motifs is 1. The van der Waals surface area contributed by atoms with Gasteiger partial charge in [0.05, 0.1) is 55.8 Å². The maximum Gasteiger partial charge on any atom is 0.310 e. The molecule has 1 aromatic carbocycles. The molecule has 0 bridgehead atoms. The number of carbonyl (C=O) groups is 4. The monoisotopic (exact) mass is 654 g/mol. The lowest BCUT2D eigenvalue weighted by atomic mass is 9.75. The number of nitrogens with zero attached hydrogens (tertiary/aromatic N) is 3. The van der Waals surface area contributed by atoms with E-state index in [1.807, 2.05) is 35.0 Å². The number of amides is 1. The number of nitrogens with one attached hydrogen (secondary N) is 1. The maximum absolute atomic E-state index is 16.5. The molecule has 0 aliphatic heterocycles. The van der Waals surface area contributed by atoms with Gasteiger partial charge in [0.25, 0.3) is 5.91 Å². The minimum Gasteiger partial charge on any atom is -0.462 e. The van der Waals surface area contributed by atoms with Gasteiger partial charge in [-0.3, -0.25) is 19.2 Å². The molecule has 11 nitrogen and oxygen atoms in total. The van der Waals surface area contributed by atoms with E-state index >= 15 is 4.39 Å². The average Bonchev–Trinajstić information content (AvgIpc) is 3.68. The van der Waals surface area contributed by atoms with E-state index in [2.05, 4.69) is 5.32 Å². The number of rotatable bonds is 12. The summed E-state index contributed by atoms with van der Waals surface area (Å²) < 4.78 is 29.7. The van der Waals surface area contributed by atoms with Gasteiger partial charge >= 0.3 is 11.9 Å². The Morgan fingerprint density at radius 3 is 2.38 bits per heavy atom. The van der Waals surface area contributed by atoms with Crippen LogP contribution >= 0.6 is 0 Å². The van der Waals surface area contributed by atoms with Crippen LogP contribution < -0.4 is 11.1 Å². The van der Waals surface area contributed by atoms with Crippen LogP contribution in [0.4, 0.5) is 10.1 Å². The SMILES string of the molecule is CC(=O)OC(CC(=O)OC1CCC(Nc2c(C(N)=O)ccc(-n3nc(CC4CC4)c4c3CC(C)(C)CC4=O)c2F)CC1)C[N+](C)(C)C. The van der Waals surface area contributed by atoms with Crippen molar-refractivity contribution in [2.75, 3.05) is 33.0 Å². The summed E-state index contributed by atoms with van der Waals surface area (Å²) >= 11 is 0. The van der Waals surface area contributed by atoms with Gasteiger partial charge in [-0.05, 0) is 74.8 Å². The predicted molar refractivity (Wildman–Crippen MR) is 174 cm³/mol. The van der Waals surface area contributed by atoms with Crippen molar-refractivity contribution >= 4 is 29.3 Å². The third kappa shape index (κ3) is 8.57. The number of hydrogen-bond donors (Lipinski definition) is 2. The Hall–Kier alpha value is -3.80. The topological polar surface area (TPSA) is 143 Å². The molecule has 5 rings (SSSR count). The fourth-order valence-corrected chi connectivity index (χ4v) is 6.98. The number of hydrogen-bond acceptors (Lipinski definition) is 8. The molecular weight excluding hydrogens is 605 g/mol. The first kappa shape index (κ1) is 34.5. The van der Waals surface area contributed by atoms with E-state index in [0.29, 0.717) is 73.1 Å². The smallest absolute Gasteiger partial charge is 0.310 e. The normalized spacial score (nSPS) is 21.5. The second kappa shape index (κ2) is 13.4. The summed E-state index contributed by atoms with van der Waals surface area (Å²) in [6.45, 7) is 5.85. The van der Waals surface area contributed by atoms with Crippen molar-refractivity contribution in [3.63, 3.8) is 0 Å². The van der Waals surface area contributed by atoms with Crippen LogP contribution in [0.15, 0.2) is 12.1 Å². The molecule has 2 saturated carbocycles. The average molecular weight is 655 g/mol. The number of likely N-dealkylation sites (N-methyl/N-ethyl adjacent to an activating group) is 1. The molecule has 1 aromatic heterocycles. The summed E-state index contributed by atoms with van der Waals surface area (Å²) in [6.07, 6.45) is 5.16. The first-order valence-electron chi connectivity index (χ1n) is 16.7. The number of carbonyl (C=O) groups excluding carboxylic acids is 4. The number of anilines is 1. The maximum atomic E-state index is 16.5. The number of esters is 2. The molecule has 3 aliphatic rings. The number of ether oxygens (including phenoxy) is 2. The minimum atomic E-state index is -0.759. The molecule has 47 heavy (non-hydrogen) atoms. The van der Waals surface area contributed by atoms with Gasteiger partial charge in [0, 0.05) is 19.4 Å². The number of benzene rings is 1. The fraction of sp³-hybridized carbons (Fsp3) is 0.629. The quantitative estimate of drug-likeness (QED) is 0.252. The summed E-state index contributed by atoms with van der Waals surface area (Å²) in [4.78, 5) is 50.1. The molecule has 2 aromatic rings. The largest absolute Gasteiger partial charge is 0.462 e. The second-order valence-corrected chi connectivity index (χ2v) is 15.5. The van der Waals surface area contributed by atoms with E-state index in [4.69, 9.17) is 20.3 Å². The summed E-state index contributed by atoms with van der Waals surface area (Å²) in [7, 11) is 5.86. The molecule has 0 saturated heterocycles. The lowest BCUT2D eigenvalue weighted by Gasteiger charge is -2.31. The molecular formula is C35H49FN5O6+. The van der Waals surface area contributed by atoms with Gasteiger partial charge in [-0.25, -0.2) is 9.07 Å². The summed E-state index contributed by atoms with van der Waals surface area (Å²) in [6, 6.07) is 2.83. The van der Waals surface area contributed by atoms with Crippen molar-refractivity contribution < 1.29 is 37.5 Å². The molecule has 0 spiro atoms. The van der Waals surface area contributed by atoms with E-state index in [1.165, 1.54) is 19.1 Å². The van der Waals surface area contributed by atoms with Crippen molar-refractivity contribution in [3.8, 4) is 5.69 Å². The van der Waals surface area contributed by atoms with Crippen molar-refractivity contribution in [2.24, 2.45) is 17.1 Å². The van der Waals surface area contributed by atoms with Crippen LogP contribution in [-0.2, 0) is 31.9 Å². The number of nitrogens with two attached hydrogens (primary N) is 1. The van der Waals surface area contributed by atoms with E-state index in [1.54, 1.807) is 4.68 Å². The number of halogens is 1. The summed E-state index contributed by atoms with van der Waals surface area (Å²) in [5, 5.41) is 8.04. The number of primary amides is 1. The molecule has 3 aliphatic carbocycles.